The van der Waals surface area contributed by atoms with Gasteiger partial charge in [-0.15, -0.1) is 0 Å². The van der Waals surface area contributed by atoms with Gasteiger partial charge in [0.05, 0.1) is 57.1 Å². The largest absolute Gasteiger partial charge is 0.455 e. The molecule has 1 aromatic heterocycles. The fourth-order valence-electron chi connectivity index (χ4n) is 5.41. The van der Waals surface area contributed by atoms with Crippen molar-refractivity contribution in [1.82, 2.24) is 10.8 Å². The number of amides is 2. The number of hydrogen-bond acceptors (Lipinski definition) is 9. The van der Waals surface area contributed by atoms with Crippen LogP contribution in [0.25, 0.3) is 22.3 Å². The molecule has 1 atom stereocenters. The summed E-state index contributed by atoms with van der Waals surface area (Å²) in [5.74, 6) is -1.12. The summed E-state index contributed by atoms with van der Waals surface area (Å²) in [6, 6.07) is 17.8. The SMILES string of the molecule is CNC(=O)c1c(-c2ccc(F)cc2)oc2cc(N(CCOCCOCCOC(C(=O)NO)c3ccccc3)S(C)(=O)=O)c(C3CC3)cc12. The topological polar surface area (TPSA) is 157 Å². The van der Waals surface area contributed by atoms with Crippen molar-refractivity contribution < 1.29 is 46.2 Å². The Hall–Kier alpha value is -4.34. The maximum Gasteiger partial charge on any atom is 0.277 e. The standard InChI is InChI=1S/C34H38FN3O9S/c1-36-33(39)30-27-20-26(22-8-9-22)28(21-29(27)47-31(30)24-10-12-25(35)13-11-24)38(48(2,42)43)14-15-44-16-17-45-18-19-46-32(34(40)37-41)23-6-4-3-5-7-23/h3-7,10-13,20-22,32,41H,8-9,14-19H2,1-2H3,(H,36,39)(H,37,40). The lowest BCUT2D eigenvalue weighted by Crippen LogP contribution is -2.34. The summed E-state index contributed by atoms with van der Waals surface area (Å²) >= 11 is 0. The number of hydroxylamine groups is 1. The average Bonchev–Trinajstić information content (AvgIpc) is 3.86. The minimum atomic E-state index is -3.75. The molecule has 0 bridgehead atoms. The molecule has 1 unspecified atom stereocenters. The molecule has 1 aliphatic carbocycles. The van der Waals surface area contributed by atoms with E-state index in [-0.39, 0.29) is 57.2 Å². The third kappa shape index (κ3) is 8.38. The van der Waals surface area contributed by atoms with Crippen molar-refractivity contribution in [1.29, 1.82) is 0 Å². The van der Waals surface area contributed by atoms with Crippen molar-refractivity contribution in [3.63, 3.8) is 0 Å². The van der Waals surface area contributed by atoms with Crippen LogP contribution in [0.4, 0.5) is 10.1 Å². The number of fused-ring (bicyclic) bond motifs is 1. The summed E-state index contributed by atoms with van der Waals surface area (Å²) < 4.78 is 64.1. The zero-order valence-electron chi connectivity index (χ0n) is 26.6. The Morgan fingerprint density at radius 2 is 1.67 bits per heavy atom. The minimum absolute atomic E-state index is 0.0238. The van der Waals surface area contributed by atoms with Crippen LogP contribution in [0.2, 0.25) is 0 Å². The summed E-state index contributed by atoms with van der Waals surface area (Å²) in [6.45, 7) is 0.718. The number of furan rings is 1. The number of nitrogens with zero attached hydrogens (tertiary/aromatic N) is 1. The molecule has 0 aliphatic heterocycles. The molecule has 256 valence electrons. The molecular weight excluding hydrogens is 645 g/mol. The summed E-state index contributed by atoms with van der Waals surface area (Å²) in [5.41, 5.74) is 4.55. The van der Waals surface area contributed by atoms with E-state index in [1.54, 1.807) is 41.9 Å². The molecule has 0 spiro atoms. The molecule has 14 heteroatoms. The second kappa shape index (κ2) is 15.7. The molecule has 12 nitrogen and oxygen atoms in total. The number of benzene rings is 3. The number of halogens is 1. The first kappa shape index (κ1) is 35.0. The molecule has 0 saturated heterocycles. The number of carbonyl (C=O) groups is 2. The smallest absolute Gasteiger partial charge is 0.277 e. The zero-order valence-corrected chi connectivity index (χ0v) is 27.4. The van der Waals surface area contributed by atoms with Crippen molar-refractivity contribution in [2.75, 3.05) is 57.2 Å². The van der Waals surface area contributed by atoms with E-state index in [0.29, 0.717) is 33.3 Å². The molecule has 1 heterocycles. The minimum Gasteiger partial charge on any atom is -0.455 e. The lowest BCUT2D eigenvalue weighted by atomic mass is 10.0. The summed E-state index contributed by atoms with van der Waals surface area (Å²) in [7, 11) is -2.24. The predicted molar refractivity (Wildman–Crippen MR) is 176 cm³/mol. The third-order valence-electron chi connectivity index (χ3n) is 7.86. The van der Waals surface area contributed by atoms with Gasteiger partial charge >= 0.3 is 0 Å². The fourth-order valence-corrected chi connectivity index (χ4v) is 6.33. The molecule has 1 fully saturated rings. The number of rotatable bonds is 17. The molecule has 2 amide bonds. The summed E-state index contributed by atoms with van der Waals surface area (Å²) in [4.78, 5) is 25.0. The van der Waals surface area contributed by atoms with Crippen LogP contribution in [0.15, 0.2) is 71.1 Å². The first-order valence-electron chi connectivity index (χ1n) is 15.4. The summed E-state index contributed by atoms with van der Waals surface area (Å²) in [6.07, 6.45) is 1.88. The van der Waals surface area contributed by atoms with E-state index in [9.17, 15) is 22.4 Å². The van der Waals surface area contributed by atoms with Crippen molar-refractivity contribution in [2.45, 2.75) is 24.9 Å². The molecular formula is C34H38FN3O9S. The van der Waals surface area contributed by atoms with E-state index in [4.69, 9.17) is 23.8 Å². The number of carbonyl (C=O) groups excluding carboxylic acids is 2. The Kier molecular flexibility index (Phi) is 11.4. The van der Waals surface area contributed by atoms with Gasteiger partial charge in [0.1, 0.15) is 17.2 Å². The van der Waals surface area contributed by atoms with Crippen LogP contribution >= 0.6 is 0 Å². The van der Waals surface area contributed by atoms with Crippen LogP contribution in [0, 0.1) is 5.82 Å². The molecule has 48 heavy (non-hydrogen) atoms. The highest BCUT2D eigenvalue weighted by Crippen LogP contribution is 2.48. The molecule has 3 N–H and O–H groups in total. The van der Waals surface area contributed by atoms with Crippen LogP contribution < -0.4 is 15.1 Å². The highest BCUT2D eigenvalue weighted by atomic mass is 32.2. The van der Waals surface area contributed by atoms with Crippen molar-refractivity contribution in [2.24, 2.45) is 0 Å². The van der Waals surface area contributed by atoms with Gasteiger partial charge < -0.3 is 23.9 Å². The van der Waals surface area contributed by atoms with Gasteiger partial charge in [-0.1, -0.05) is 30.3 Å². The molecule has 1 aliphatic rings. The average molecular weight is 684 g/mol. The van der Waals surface area contributed by atoms with Gasteiger partial charge in [-0.25, -0.2) is 18.3 Å². The Labute approximate surface area is 277 Å². The van der Waals surface area contributed by atoms with Crippen molar-refractivity contribution in [3.8, 4) is 11.3 Å². The number of ether oxygens (including phenoxy) is 3. The highest BCUT2D eigenvalue weighted by Gasteiger charge is 2.33. The maximum absolute atomic E-state index is 13.7. The Morgan fingerprint density at radius 1 is 1.00 bits per heavy atom. The van der Waals surface area contributed by atoms with E-state index in [2.05, 4.69) is 5.32 Å². The van der Waals surface area contributed by atoms with Gasteiger partial charge in [0.15, 0.2) is 6.10 Å². The van der Waals surface area contributed by atoms with Crippen molar-refractivity contribution >= 4 is 38.5 Å². The van der Waals surface area contributed by atoms with E-state index in [0.717, 1.165) is 24.7 Å². The quantitative estimate of drug-likeness (QED) is 0.0826. The lowest BCUT2D eigenvalue weighted by Gasteiger charge is -2.25. The normalized spacial score (nSPS) is 13.8. The number of nitrogens with one attached hydrogen (secondary N) is 2. The molecule has 1 saturated carbocycles. The van der Waals surface area contributed by atoms with Gasteiger partial charge in [-0.05, 0) is 60.2 Å². The first-order chi connectivity index (χ1) is 23.1. The van der Waals surface area contributed by atoms with E-state index in [1.807, 2.05) is 6.07 Å². The number of hydrogen-bond donors (Lipinski definition) is 3. The van der Waals surface area contributed by atoms with E-state index < -0.39 is 27.9 Å². The Balaban J connectivity index is 1.23. The van der Waals surface area contributed by atoms with Gasteiger partial charge in [-0.2, -0.15) is 0 Å². The molecule has 5 rings (SSSR count). The zero-order chi connectivity index (χ0) is 34.3. The second-order valence-electron chi connectivity index (χ2n) is 11.3. The van der Waals surface area contributed by atoms with E-state index >= 15 is 0 Å². The highest BCUT2D eigenvalue weighted by molar-refractivity contribution is 7.92. The second-order valence-corrected chi connectivity index (χ2v) is 13.2. The molecule has 0 radical (unpaired) electrons. The van der Waals surface area contributed by atoms with Gasteiger partial charge in [0, 0.05) is 24.1 Å². The summed E-state index contributed by atoms with van der Waals surface area (Å²) in [5, 5.41) is 12.2. The lowest BCUT2D eigenvalue weighted by molar-refractivity contribution is -0.143. The monoisotopic (exact) mass is 683 g/mol. The maximum atomic E-state index is 13.7. The fraction of sp³-hybridized carbons (Fsp3) is 0.353. The van der Waals surface area contributed by atoms with Crippen LogP contribution in [-0.2, 0) is 29.0 Å². The van der Waals surface area contributed by atoms with Crippen LogP contribution in [0.5, 0.6) is 0 Å². The van der Waals surface area contributed by atoms with Gasteiger partial charge in [0.2, 0.25) is 10.0 Å². The first-order valence-corrected chi connectivity index (χ1v) is 17.3. The molecule has 3 aromatic carbocycles. The van der Waals surface area contributed by atoms with Crippen LogP contribution in [0.1, 0.15) is 46.3 Å². The third-order valence-corrected chi connectivity index (χ3v) is 9.04. The van der Waals surface area contributed by atoms with Crippen LogP contribution in [0.3, 0.4) is 0 Å². The number of anilines is 1. The van der Waals surface area contributed by atoms with Gasteiger partial charge in [-0.3, -0.25) is 19.1 Å². The van der Waals surface area contributed by atoms with Crippen molar-refractivity contribution in [3.05, 3.63) is 89.2 Å². The predicted octanol–water partition coefficient (Wildman–Crippen LogP) is 4.54. The van der Waals surface area contributed by atoms with Crippen LogP contribution in [-0.4, -0.2) is 78.3 Å². The van der Waals surface area contributed by atoms with Gasteiger partial charge in [0.25, 0.3) is 11.8 Å². The molecule has 4 aromatic rings. The Bertz CT molecular complexity index is 1830. The Morgan fingerprint density at radius 3 is 2.29 bits per heavy atom. The number of sulfonamides is 1. The van der Waals surface area contributed by atoms with E-state index in [1.165, 1.54) is 35.6 Å².